The van der Waals surface area contributed by atoms with Gasteiger partial charge in [0.05, 0.1) is 22.8 Å². The lowest BCUT2D eigenvalue weighted by Crippen LogP contribution is -2.33. The number of carbonyl (C=O) groups excluding carboxylic acids is 2. The summed E-state index contributed by atoms with van der Waals surface area (Å²) in [6, 6.07) is 11.5. The Kier molecular flexibility index (Phi) is 6.09. The minimum Gasteiger partial charge on any atom is -0.460 e. The summed E-state index contributed by atoms with van der Waals surface area (Å²) in [6.07, 6.45) is 1.53. The number of esters is 1. The Bertz CT molecular complexity index is 993. The molecule has 3 rings (SSSR count). The molecule has 0 saturated carbocycles. The highest BCUT2D eigenvalue weighted by atomic mass is 32.2. The topological polar surface area (TPSA) is 85.7 Å². The van der Waals surface area contributed by atoms with Crippen LogP contribution >= 0.6 is 11.8 Å². The van der Waals surface area contributed by atoms with Crippen LogP contribution in [-0.4, -0.2) is 47.1 Å². The molecule has 9 heteroatoms. The molecule has 1 atom stereocenters. The van der Waals surface area contributed by atoms with Crippen molar-refractivity contribution in [3.8, 4) is 0 Å². The molecule has 0 spiro atoms. The summed E-state index contributed by atoms with van der Waals surface area (Å²) in [4.78, 5) is 26.2. The molecule has 1 aromatic heterocycles. The maximum Gasteiger partial charge on any atom is 0.308 e. The fraction of sp³-hybridized carbons (Fsp3) is 0.400. The Balaban J connectivity index is 1.83. The van der Waals surface area contributed by atoms with Crippen LogP contribution in [0.1, 0.15) is 38.3 Å². The highest BCUT2D eigenvalue weighted by Gasteiger charge is 2.36. The fourth-order valence-electron chi connectivity index (χ4n) is 3.04. The average molecular weight is 437 g/mol. The molecule has 0 bridgehead atoms. The standard InChI is InChI=1S/C20H24N2O5S2/c1-20(2,3)27-18(24)11-13-21-17(23)14-28-19(21)16-10-7-12-22(16)29(25,26)15-8-5-4-6-9-15/h4-10,12,19H,11,13-14H2,1-3H3. The summed E-state index contributed by atoms with van der Waals surface area (Å²) in [6.45, 7) is 5.52. The first-order valence-electron chi connectivity index (χ1n) is 9.20. The van der Waals surface area contributed by atoms with Crippen molar-refractivity contribution in [1.29, 1.82) is 0 Å². The Morgan fingerprint density at radius 2 is 1.86 bits per heavy atom. The Morgan fingerprint density at radius 3 is 2.52 bits per heavy atom. The first kappa shape index (κ1) is 21.4. The molecule has 1 amide bonds. The summed E-state index contributed by atoms with van der Waals surface area (Å²) in [5.74, 6) is -0.295. The molecular formula is C20H24N2O5S2. The second-order valence-corrected chi connectivity index (χ2v) is 10.5. The number of hydrogen-bond acceptors (Lipinski definition) is 6. The van der Waals surface area contributed by atoms with Gasteiger partial charge in [0.25, 0.3) is 10.0 Å². The van der Waals surface area contributed by atoms with Gasteiger partial charge in [-0.2, -0.15) is 0 Å². The number of amides is 1. The number of aromatic nitrogens is 1. The zero-order chi connectivity index (χ0) is 21.2. The molecule has 7 nitrogen and oxygen atoms in total. The van der Waals surface area contributed by atoms with Crippen LogP contribution in [0, 0.1) is 0 Å². The summed E-state index contributed by atoms with van der Waals surface area (Å²) in [5, 5.41) is -0.488. The first-order chi connectivity index (χ1) is 13.6. The number of hydrogen-bond donors (Lipinski definition) is 0. The number of carbonyl (C=O) groups is 2. The molecule has 0 aliphatic carbocycles. The van der Waals surface area contributed by atoms with E-state index in [1.165, 1.54) is 34.1 Å². The molecular weight excluding hydrogens is 412 g/mol. The molecule has 156 valence electrons. The van der Waals surface area contributed by atoms with Crippen LogP contribution < -0.4 is 0 Å². The van der Waals surface area contributed by atoms with Gasteiger partial charge in [-0.1, -0.05) is 18.2 Å². The molecule has 1 aliphatic rings. The van der Waals surface area contributed by atoms with Gasteiger partial charge in [-0.3, -0.25) is 9.59 Å². The fourth-order valence-corrected chi connectivity index (χ4v) is 5.74. The van der Waals surface area contributed by atoms with E-state index in [1.54, 1.807) is 56.0 Å². The third-order valence-corrected chi connectivity index (χ3v) is 7.18. The van der Waals surface area contributed by atoms with E-state index in [-0.39, 0.29) is 29.5 Å². The van der Waals surface area contributed by atoms with Crippen molar-refractivity contribution in [1.82, 2.24) is 8.87 Å². The lowest BCUT2D eigenvalue weighted by molar-refractivity contribution is -0.155. The van der Waals surface area contributed by atoms with Gasteiger partial charge >= 0.3 is 5.97 Å². The van der Waals surface area contributed by atoms with E-state index in [0.29, 0.717) is 5.69 Å². The molecule has 1 fully saturated rings. The molecule has 0 N–H and O–H groups in total. The Labute approximate surface area is 175 Å². The first-order valence-corrected chi connectivity index (χ1v) is 11.7. The van der Waals surface area contributed by atoms with Crippen molar-refractivity contribution in [2.45, 2.75) is 43.1 Å². The number of nitrogens with zero attached hydrogens (tertiary/aromatic N) is 2. The summed E-state index contributed by atoms with van der Waals surface area (Å²) < 4.78 is 32.6. The van der Waals surface area contributed by atoms with Gasteiger partial charge < -0.3 is 9.64 Å². The van der Waals surface area contributed by atoms with Crippen molar-refractivity contribution in [3.63, 3.8) is 0 Å². The van der Waals surface area contributed by atoms with Crippen molar-refractivity contribution in [2.24, 2.45) is 0 Å². The van der Waals surface area contributed by atoms with Gasteiger partial charge in [-0.05, 0) is 45.0 Å². The number of benzene rings is 1. The largest absolute Gasteiger partial charge is 0.460 e. The smallest absolute Gasteiger partial charge is 0.308 e. The van der Waals surface area contributed by atoms with Crippen LogP contribution in [0.15, 0.2) is 53.6 Å². The highest BCUT2D eigenvalue weighted by molar-refractivity contribution is 8.00. The third kappa shape index (κ3) is 4.84. The van der Waals surface area contributed by atoms with Gasteiger partial charge in [0.15, 0.2) is 0 Å². The van der Waals surface area contributed by atoms with Crippen molar-refractivity contribution < 1.29 is 22.7 Å². The van der Waals surface area contributed by atoms with E-state index in [9.17, 15) is 18.0 Å². The summed E-state index contributed by atoms with van der Waals surface area (Å²) >= 11 is 1.35. The van der Waals surface area contributed by atoms with E-state index in [0.717, 1.165) is 0 Å². The second kappa shape index (κ2) is 8.23. The number of rotatable bonds is 6. The minimum atomic E-state index is -3.79. The Hall–Kier alpha value is -2.26. The SMILES string of the molecule is CC(C)(C)OC(=O)CCN1C(=O)CSC1c1cccn1S(=O)(=O)c1ccccc1. The van der Waals surface area contributed by atoms with E-state index in [2.05, 4.69) is 0 Å². The van der Waals surface area contributed by atoms with Crippen molar-refractivity contribution in [3.05, 3.63) is 54.4 Å². The summed E-state index contributed by atoms with van der Waals surface area (Å²) in [7, 11) is -3.79. The third-order valence-electron chi connectivity index (χ3n) is 4.24. The predicted octanol–water partition coefficient (Wildman–Crippen LogP) is 3.03. The quantitative estimate of drug-likeness (QED) is 0.647. The minimum absolute atomic E-state index is 0.0478. The number of thioether (sulfide) groups is 1. The zero-order valence-electron chi connectivity index (χ0n) is 16.6. The molecule has 0 radical (unpaired) electrons. The molecule has 2 aromatic rings. The molecule has 2 heterocycles. The highest BCUT2D eigenvalue weighted by Crippen LogP contribution is 2.39. The van der Waals surface area contributed by atoms with Crippen molar-refractivity contribution >= 4 is 33.7 Å². The van der Waals surface area contributed by atoms with Gasteiger partial charge in [0.1, 0.15) is 11.0 Å². The molecule has 1 aromatic carbocycles. The zero-order valence-corrected chi connectivity index (χ0v) is 18.2. The normalized spacial score (nSPS) is 17.6. The maximum absolute atomic E-state index is 13.1. The molecule has 1 saturated heterocycles. The van der Waals surface area contributed by atoms with Gasteiger partial charge in [0.2, 0.25) is 5.91 Å². The van der Waals surface area contributed by atoms with Crippen LogP contribution in [0.4, 0.5) is 0 Å². The van der Waals surface area contributed by atoms with E-state index >= 15 is 0 Å². The van der Waals surface area contributed by atoms with Crippen LogP contribution in [0.2, 0.25) is 0 Å². The van der Waals surface area contributed by atoms with Gasteiger partial charge in [-0.25, -0.2) is 12.4 Å². The summed E-state index contributed by atoms with van der Waals surface area (Å²) in [5.41, 5.74) is -0.118. The molecule has 1 aliphatic heterocycles. The average Bonchev–Trinajstić information content (AvgIpc) is 3.26. The molecule has 1 unspecified atom stereocenters. The Morgan fingerprint density at radius 1 is 1.17 bits per heavy atom. The van der Waals surface area contributed by atoms with Crippen molar-refractivity contribution in [2.75, 3.05) is 12.3 Å². The van der Waals surface area contributed by atoms with Crippen LogP contribution in [0.25, 0.3) is 0 Å². The lowest BCUT2D eigenvalue weighted by atomic mass is 10.2. The monoisotopic (exact) mass is 436 g/mol. The predicted molar refractivity (Wildman–Crippen MR) is 111 cm³/mol. The maximum atomic E-state index is 13.1. The van der Waals surface area contributed by atoms with Gasteiger partial charge in [-0.15, -0.1) is 11.8 Å². The van der Waals surface area contributed by atoms with E-state index in [4.69, 9.17) is 4.74 Å². The van der Waals surface area contributed by atoms with Crippen LogP contribution in [0.5, 0.6) is 0 Å². The van der Waals surface area contributed by atoms with E-state index < -0.39 is 27.0 Å². The second-order valence-electron chi connectivity index (χ2n) is 7.63. The van der Waals surface area contributed by atoms with E-state index in [1.807, 2.05) is 0 Å². The lowest BCUT2D eigenvalue weighted by Gasteiger charge is -2.26. The molecule has 29 heavy (non-hydrogen) atoms. The van der Waals surface area contributed by atoms with Crippen LogP contribution in [0.3, 0.4) is 0 Å². The van der Waals surface area contributed by atoms with Crippen LogP contribution in [-0.2, 0) is 24.3 Å². The number of ether oxygens (including phenoxy) is 1. The van der Waals surface area contributed by atoms with Gasteiger partial charge in [0, 0.05) is 12.7 Å².